The quantitative estimate of drug-likeness (QED) is 0.594. The van der Waals surface area contributed by atoms with Gasteiger partial charge in [-0.25, -0.2) is 9.50 Å². The largest absolute Gasteiger partial charge is 0.353 e. The summed E-state index contributed by atoms with van der Waals surface area (Å²) in [4.78, 5) is 29.0. The highest BCUT2D eigenvalue weighted by molar-refractivity contribution is 5.80. The number of rotatable bonds is 4. The molecule has 0 aromatic carbocycles. The Morgan fingerprint density at radius 1 is 1.24 bits per heavy atom. The van der Waals surface area contributed by atoms with Gasteiger partial charge in [0.2, 0.25) is 5.91 Å². The van der Waals surface area contributed by atoms with E-state index in [0.29, 0.717) is 23.1 Å². The molecule has 1 N–H and O–H groups in total. The molecule has 8 heteroatoms. The number of aromatic nitrogens is 5. The monoisotopic (exact) mass is 336 g/mol. The van der Waals surface area contributed by atoms with Crippen molar-refractivity contribution in [3.63, 3.8) is 0 Å². The van der Waals surface area contributed by atoms with E-state index < -0.39 is 0 Å². The second-order valence-corrected chi connectivity index (χ2v) is 5.79. The third kappa shape index (κ3) is 2.67. The van der Waals surface area contributed by atoms with Crippen LogP contribution in [0.5, 0.6) is 0 Å². The Labute approximate surface area is 142 Å². The van der Waals surface area contributed by atoms with Crippen molar-refractivity contribution in [2.45, 2.75) is 13.1 Å². The van der Waals surface area contributed by atoms with Gasteiger partial charge in [-0.1, -0.05) is 0 Å². The van der Waals surface area contributed by atoms with Crippen LogP contribution in [-0.2, 0) is 24.9 Å². The van der Waals surface area contributed by atoms with Gasteiger partial charge in [0.15, 0.2) is 5.65 Å². The van der Waals surface area contributed by atoms with Crippen molar-refractivity contribution in [1.29, 1.82) is 0 Å². The number of fused-ring (bicyclic) bond motifs is 3. The first-order chi connectivity index (χ1) is 12.1. The van der Waals surface area contributed by atoms with Crippen LogP contribution in [0.1, 0.15) is 5.69 Å². The molecule has 25 heavy (non-hydrogen) atoms. The molecule has 1 amide bonds. The van der Waals surface area contributed by atoms with Gasteiger partial charge in [0, 0.05) is 37.4 Å². The fourth-order valence-corrected chi connectivity index (χ4v) is 2.80. The number of amides is 1. The number of aryl methyl sites for hydroxylation is 1. The molecule has 0 aliphatic heterocycles. The van der Waals surface area contributed by atoms with Crippen molar-refractivity contribution in [3.05, 3.63) is 65.1 Å². The summed E-state index contributed by atoms with van der Waals surface area (Å²) in [7, 11) is 1.92. The molecular formula is C17H16N6O2. The van der Waals surface area contributed by atoms with E-state index in [2.05, 4.69) is 15.4 Å². The molecule has 4 heterocycles. The van der Waals surface area contributed by atoms with E-state index in [0.717, 1.165) is 5.69 Å². The molecule has 0 fully saturated rings. The summed E-state index contributed by atoms with van der Waals surface area (Å²) in [5.74, 6) is -0.226. The summed E-state index contributed by atoms with van der Waals surface area (Å²) in [5.41, 5.74) is 2.06. The minimum absolute atomic E-state index is 0.0453. The van der Waals surface area contributed by atoms with Crippen molar-refractivity contribution in [2.24, 2.45) is 7.05 Å². The lowest BCUT2D eigenvalue weighted by atomic mass is 10.3. The van der Waals surface area contributed by atoms with Gasteiger partial charge in [-0.15, -0.1) is 0 Å². The Balaban J connectivity index is 1.58. The molecule has 0 aliphatic rings. The summed E-state index contributed by atoms with van der Waals surface area (Å²) >= 11 is 0. The number of hydrogen-bond acceptors (Lipinski definition) is 4. The van der Waals surface area contributed by atoms with Crippen molar-refractivity contribution in [2.75, 3.05) is 0 Å². The molecule has 0 saturated carbocycles. The van der Waals surface area contributed by atoms with E-state index in [1.807, 2.05) is 29.9 Å². The first-order valence-corrected chi connectivity index (χ1v) is 7.82. The minimum Gasteiger partial charge on any atom is -0.353 e. The van der Waals surface area contributed by atoms with Gasteiger partial charge in [-0.2, -0.15) is 5.10 Å². The average Bonchev–Trinajstić information content (AvgIpc) is 3.24. The zero-order valence-electron chi connectivity index (χ0n) is 13.6. The number of hydrogen-bond donors (Lipinski definition) is 1. The normalized spacial score (nSPS) is 11.2. The SMILES string of the molecule is Cn1cccc1CNC(=O)Cn1ccc2c(cnc3ccnn32)c1=O. The van der Waals surface area contributed by atoms with E-state index in [-0.39, 0.29) is 18.0 Å². The van der Waals surface area contributed by atoms with Crippen LogP contribution in [0.3, 0.4) is 0 Å². The third-order valence-corrected chi connectivity index (χ3v) is 4.19. The summed E-state index contributed by atoms with van der Waals surface area (Å²) in [6.45, 7) is 0.371. The maximum absolute atomic E-state index is 12.6. The van der Waals surface area contributed by atoms with Crippen LogP contribution in [0.2, 0.25) is 0 Å². The Kier molecular flexibility index (Phi) is 3.57. The average molecular weight is 336 g/mol. The van der Waals surface area contributed by atoms with E-state index in [1.165, 1.54) is 10.8 Å². The molecule has 8 nitrogen and oxygen atoms in total. The zero-order chi connectivity index (χ0) is 17.4. The molecule has 0 saturated heterocycles. The summed E-state index contributed by atoms with van der Waals surface area (Å²) in [5, 5.41) is 7.42. The smallest absolute Gasteiger partial charge is 0.262 e. The Hall–Kier alpha value is -3.42. The van der Waals surface area contributed by atoms with E-state index in [9.17, 15) is 9.59 Å². The predicted molar refractivity (Wildman–Crippen MR) is 92.0 cm³/mol. The second-order valence-electron chi connectivity index (χ2n) is 5.79. The van der Waals surface area contributed by atoms with Crippen LogP contribution in [0.25, 0.3) is 16.6 Å². The van der Waals surface area contributed by atoms with Crippen LogP contribution in [-0.4, -0.2) is 29.6 Å². The molecule has 0 radical (unpaired) electrons. The van der Waals surface area contributed by atoms with Gasteiger partial charge in [0.05, 0.1) is 23.6 Å². The van der Waals surface area contributed by atoms with Crippen LogP contribution in [0.15, 0.2) is 53.8 Å². The van der Waals surface area contributed by atoms with E-state index in [1.54, 1.807) is 29.0 Å². The molecule has 0 unspecified atom stereocenters. The van der Waals surface area contributed by atoms with Gasteiger partial charge in [-0.3, -0.25) is 9.59 Å². The highest BCUT2D eigenvalue weighted by Crippen LogP contribution is 2.10. The lowest BCUT2D eigenvalue weighted by Crippen LogP contribution is -2.32. The standard InChI is InChI=1S/C17H16N6O2/c1-21-7-2-3-12(21)9-19-16(24)11-22-8-5-14-13(17(22)25)10-18-15-4-6-20-23(14)15/h2-8,10H,9,11H2,1H3,(H,19,24). The Morgan fingerprint density at radius 2 is 2.12 bits per heavy atom. The number of carbonyl (C=O) groups excluding carboxylic acids is 1. The van der Waals surface area contributed by atoms with Crippen LogP contribution in [0, 0.1) is 0 Å². The fraction of sp³-hybridized carbons (Fsp3) is 0.176. The van der Waals surface area contributed by atoms with Gasteiger partial charge >= 0.3 is 0 Å². The topological polar surface area (TPSA) is 86.2 Å². The molecule has 4 rings (SSSR count). The van der Waals surface area contributed by atoms with Crippen molar-refractivity contribution in [3.8, 4) is 0 Å². The molecule has 0 spiro atoms. The van der Waals surface area contributed by atoms with Crippen LogP contribution < -0.4 is 10.9 Å². The molecule has 0 aliphatic carbocycles. The summed E-state index contributed by atoms with van der Waals surface area (Å²) in [6, 6.07) is 7.38. The summed E-state index contributed by atoms with van der Waals surface area (Å²) in [6.07, 6.45) is 6.67. The van der Waals surface area contributed by atoms with Gasteiger partial charge in [0.25, 0.3) is 5.56 Å². The zero-order valence-corrected chi connectivity index (χ0v) is 13.6. The van der Waals surface area contributed by atoms with Gasteiger partial charge in [-0.05, 0) is 18.2 Å². The number of nitrogens with zero attached hydrogens (tertiary/aromatic N) is 5. The van der Waals surface area contributed by atoms with Gasteiger partial charge in [0.1, 0.15) is 6.54 Å². The molecule has 126 valence electrons. The second kappa shape index (κ2) is 5.90. The van der Waals surface area contributed by atoms with Crippen LogP contribution >= 0.6 is 0 Å². The van der Waals surface area contributed by atoms with Crippen LogP contribution in [0.4, 0.5) is 0 Å². The highest BCUT2D eigenvalue weighted by Gasteiger charge is 2.10. The highest BCUT2D eigenvalue weighted by atomic mass is 16.2. The first kappa shape index (κ1) is 15.1. The summed E-state index contributed by atoms with van der Waals surface area (Å²) < 4.78 is 4.92. The molecule has 0 atom stereocenters. The lowest BCUT2D eigenvalue weighted by Gasteiger charge is -2.09. The van der Waals surface area contributed by atoms with E-state index >= 15 is 0 Å². The maximum atomic E-state index is 12.6. The Morgan fingerprint density at radius 3 is 2.92 bits per heavy atom. The molecule has 4 aromatic heterocycles. The third-order valence-electron chi connectivity index (χ3n) is 4.19. The van der Waals surface area contributed by atoms with E-state index in [4.69, 9.17) is 0 Å². The maximum Gasteiger partial charge on any atom is 0.262 e. The van der Waals surface area contributed by atoms with Crippen molar-refractivity contribution >= 4 is 22.5 Å². The lowest BCUT2D eigenvalue weighted by molar-refractivity contribution is -0.121. The molecular weight excluding hydrogens is 320 g/mol. The molecule has 0 bridgehead atoms. The number of carbonyl (C=O) groups is 1. The number of pyridine rings is 1. The number of nitrogens with one attached hydrogen (secondary N) is 1. The Bertz CT molecular complexity index is 1140. The first-order valence-electron chi connectivity index (χ1n) is 7.82. The molecule has 4 aromatic rings. The van der Waals surface area contributed by atoms with Crippen molar-refractivity contribution in [1.82, 2.24) is 29.0 Å². The van der Waals surface area contributed by atoms with Crippen molar-refractivity contribution < 1.29 is 4.79 Å². The minimum atomic E-state index is -0.267. The predicted octanol–water partition coefficient (Wildman–Crippen LogP) is 0.699. The fourth-order valence-electron chi connectivity index (χ4n) is 2.80. The van der Waals surface area contributed by atoms with Gasteiger partial charge < -0.3 is 14.5 Å².